The quantitative estimate of drug-likeness (QED) is 0.682. The van der Waals surface area contributed by atoms with Crippen LogP contribution in [0.5, 0.6) is 5.75 Å². The Morgan fingerprint density at radius 3 is 2.05 bits per heavy atom. The first-order chi connectivity index (χ1) is 10.6. The third kappa shape index (κ3) is 5.73. The lowest BCUT2D eigenvalue weighted by molar-refractivity contribution is 0.0991. The van der Waals surface area contributed by atoms with Crippen LogP contribution in [0.25, 0.3) is 0 Å². The van der Waals surface area contributed by atoms with Crippen LogP contribution in [0.1, 0.15) is 20.7 Å². The van der Waals surface area contributed by atoms with Crippen LogP contribution in [-0.4, -0.2) is 29.9 Å². The van der Waals surface area contributed by atoms with Crippen molar-refractivity contribution in [1.82, 2.24) is 0 Å². The molecule has 1 aliphatic rings. The minimum absolute atomic E-state index is 0.106. The van der Waals surface area contributed by atoms with Gasteiger partial charge in [0, 0.05) is 5.56 Å². The number of aromatic hydroxyl groups is 1. The van der Waals surface area contributed by atoms with E-state index in [-0.39, 0.29) is 28.4 Å². The first-order valence-electron chi connectivity index (χ1n) is 6.50. The average molecular weight is 300 g/mol. The van der Waals surface area contributed by atoms with Gasteiger partial charge in [0.15, 0.2) is 11.6 Å². The molecule has 4 heteroatoms. The molecule has 0 fully saturated rings. The number of rotatable bonds is 4. The molecule has 0 spiro atoms. The van der Waals surface area contributed by atoms with Gasteiger partial charge >= 0.3 is 0 Å². The van der Waals surface area contributed by atoms with Crippen molar-refractivity contribution < 1.29 is 19.4 Å². The third-order valence-electron chi connectivity index (χ3n) is 2.41. The molecule has 116 valence electrons. The van der Waals surface area contributed by atoms with Crippen molar-refractivity contribution in [3.8, 4) is 5.75 Å². The van der Waals surface area contributed by atoms with Gasteiger partial charge in [0.05, 0.1) is 18.8 Å². The van der Waals surface area contributed by atoms with Gasteiger partial charge < -0.3 is 9.84 Å². The number of ether oxygens (including phenoxy) is 1. The summed E-state index contributed by atoms with van der Waals surface area (Å²) >= 11 is 0. The molecule has 0 aliphatic heterocycles. The highest BCUT2D eigenvalue weighted by atomic mass is 16.5. The van der Waals surface area contributed by atoms with Crippen LogP contribution in [-0.2, 0) is 4.74 Å². The molecule has 0 saturated carbocycles. The lowest BCUT2D eigenvalue weighted by Gasteiger charge is -2.09. The van der Waals surface area contributed by atoms with E-state index in [1.54, 1.807) is 18.2 Å². The van der Waals surface area contributed by atoms with Gasteiger partial charge in [-0.05, 0) is 18.2 Å². The average Bonchev–Trinajstić information content (AvgIpc) is 2.54. The van der Waals surface area contributed by atoms with Crippen molar-refractivity contribution in [2.45, 2.75) is 0 Å². The molecule has 0 bridgehead atoms. The standard InChI is InChI=1S/C10H6O3.C6H10O.C2H4/c11-7-4-5-9(13)10-6(7)2-1-3-8(10)12;1-3-5-7-6-4-2;1-2/h1-5,12H;3-4H,1-2,5-6H2;1-2H2. The van der Waals surface area contributed by atoms with Crippen molar-refractivity contribution >= 4 is 11.6 Å². The van der Waals surface area contributed by atoms with Crippen LogP contribution in [0, 0.1) is 0 Å². The Bertz CT molecular complexity index is 562. The van der Waals surface area contributed by atoms with Crippen LogP contribution >= 0.6 is 0 Å². The minimum atomic E-state index is -0.326. The second-order valence-electron chi connectivity index (χ2n) is 3.88. The number of carbonyl (C=O) groups is 2. The molecule has 4 nitrogen and oxygen atoms in total. The Labute approximate surface area is 130 Å². The first kappa shape index (κ1) is 19.3. The number of phenolic OH excluding ortho intramolecular Hbond substituents is 1. The molecular weight excluding hydrogens is 280 g/mol. The van der Waals surface area contributed by atoms with E-state index in [4.69, 9.17) is 4.74 Å². The Morgan fingerprint density at radius 1 is 1.00 bits per heavy atom. The number of carbonyl (C=O) groups excluding carboxylic acids is 2. The Kier molecular flexibility index (Phi) is 9.64. The fraction of sp³-hybridized carbons (Fsp3) is 0.111. The maximum absolute atomic E-state index is 11.3. The van der Waals surface area contributed by atoms with Crippen LogP contribution in [0.3, 0.4) is 0 Å². The SMILES string of the molecule is C=C.C=CCOCC=C.O=C1C=CC(=O)c2c(O)cccc21. The predicted octanol–water partition coefficient (Wildman–Crippen LogP) is 3.50. The van der Waals surface area contributed by atoms with Crippen molar-refractivity contribution in [3.63, 3.8) is 0 Å². The van der Waals surface area contributed by atoms with Crippen LogP contribution in [0.2, 0.25) is 0 Å². The van der Waals surface area contributed by atoms with Crippen LogP contribution < -0.4 is 0 Å². The Hall–Kier alpha value is -2.72. The molecule has 0 heterocycles. The van der Waals surface area contributed by atoms with E-state index >= 15 is 0 Å². The summed E-state index contributed by atoms with van der Waals surface area (Å²) in [6.07, 6.45) is 5.81. The number of ketones is 2. The van der Waals surface area contributed by atoms with Crippen LogP contribution in [0.4, 0.5) is 0 Å². The van der Waals surface area contributed by atoms with Gasteiger partial charge in [0.2, 0.25) is 0 Å². The monoisotopic (exact) mass is 300 g/mol. The van der Waals surface area contributed by atoms with E-state index in [0.717, 1.165) is 0 Å². The molecule has 1 aromatic carbocycles. The third-order valence-corrected chi connectivity index (χ3v) is 2.41. The zero-order valence-corrected chi connectivity index (χ0v) is 12.5. The smallest absolute Gasteiger partial charge is 0.190 e. The summed E-state index contributed by atoms with van der Waals surface area (Å²) in [4.78, 5) is 22.5. The molecule has 0 amide bonds. The van der Waals surface area contributed by atoms with E-state index in [9.17, 15) is 14.7 Å². The van der Waals surface area contributed by atoms with Crippen molar-refractivity contribution in [1.29, 1.82) is 0 Å². The van der Waals surface area contributed by atoms with Crippen molar-refractivity contribution in [3.05, 3.63) is 79.9 Å². The van der Waals surface area contributed by atoms with E-state index < -0.39 is 0 Å². The van der Waals surface area contributed by atoms with Crippen molar-refractivity contribution in [2.24, 2.45) is 0 Å². The summed E-state index contributed by atoms with van der Waals surface area (Å²) in [7, 11) is 0. The largest absolute Gasteiger partial charge is 0.507 e. The van der Waals surface area contributed by atoms with Gasteiger partial charge in [-0.25, -0.2) is 0 Å². The lowest BCUT2D eigenvalue weighted by atomic mass is 9.94. The normalized spacial score (nSPS) is 11.3. The summed E-state index contributed by atoms with van der Waals surface area (Å²) in [6, 6.07) is 4.46. The number of phenols is 1. The molecule has 0 atom stereocenters. The topological polar surface area (TPSA) is 63.6 Å². The van der Waals surface area contributed by atoms with Crippen molar-refractivity contribution in [2.75, 3.05) is 13.2 Å². The summed E-state index contributed by atoms with van der Waals surface area (Å²) < 4.78 is 4.90. The molecule has 1 aromatic rings. The van der Waals surface area contributed by atoms with Gasteiger partial charge in [0.25, 0.3) is 0 Å². The summed E-state index contributed by atoms with van der Waals surface area (Å²) in [5.41, 5.74) is 0.377. The summed E-state index contributed by atoms with van der Waals surface area (Å²) in [5.74, 6) is -0.710. The van der Waals surface area contributed by atoms with E-state index in [2.05, 4.69) is 26.3 Å². The highest BCUT2D eigenvalue weighted by molar-refractivity contribution is 6.23. The Balaban J connectivity index is 0.000000421. The molecule has 2 rings (SSSR count). The fourth-order valence-corrected chi connectivity index (χ4v) is 1.56. The van der Waals surface area contributed by atoms with E-state index in [0.29, 0.717) is 13.2 Å². The first-order valence-corrected chi connectivity index (χ1v) is 6.50. The number of fused-ring (bicyclic) bond motifs is 1. The molecule has 1 N–H and O–H groups in total. The summed E-state index contributed by atoms with van der Waals surface area (Å²) in [5, 5.41) is 9.34. The zero-order chi connectivity index (χ0) is 17.0. The predicted molar refractivity (Wildman–Crippen MR) is 88.4 cm³/mol. The second-order valence-corrected chi connectivity index (χ2v) is 3.88. The van der Waals surface area contributed by atoms with Crippen LogP contribution in [0.15, 0.2) is 68.8 Å². The molecule has 0 aromatic heterocycles. The van der Waals surface area contributed by atoms with Gasteiger partial charge in [-0.15, -0.1) is 26.3 Å². The maximum atomic E-state index is 11.3. The van der Waals surface area contributed by atoms with Gasteiger partial charge in [-0.1, -0.05) is 24.3 Å². The molecule has 0 unspecified atom stereocenters. The molecule has 22 heavy (non-hydrogen) atoms. The Morgan fingerprint density at radius 2 is 1.55 bits per heavy atom. The number of hydrogen-bond donors (Lipinski definition) is 1. The number of benzene rings is 1. The van der Waals surface area contributed by atoms with E-state index in [1.165, 1.54) is 24.3 Å². The summed E-state index contributed by atoms with van der Waals surface area (Å²) in [6.45, 7) is 14.2. The highest BCUT2D eigenvalue weighted by Crippen LogP contribution is 2.25. The van der Waals surface area contributed by atoms with Gasteiger partial charge in [-0.3, -0.25) is 9.59 Å². The number of hydrogen-bond acceptors (Lipinski definition) is 4. The maximum Gasteiger partial charge on any atom is 0.190 e. The minimum Gasteiger partial charge on any atom is -0.507 e. The fourth-order valence-electron chi connectivity index (χ4n) is 1.56. The molecule has 1 aliphatic carbocycles. The molecule has 0 saturated heterocycles. The van der Waals surface area contributed by atoms with Gasteiger partial charge in [-0.2, -0.15) is 0 Å². The number of allylic oxidation sites excluding steroid dienone is 2. The lowest BCUT2D eigenvalue weighted by Crippen LogP contribution is -2.11. The highest BCUT2D eigenvalue weighted by Gasteiger charge is 2.21. The zero-order valence-electron chi connectivity index (χ0n) is 12.5. The molecular formula is C18H20O4. The second kappa shape index (κ2) is 11.0. The molecule has 0 radical (unpaired) electrons. The van der Waals surface area contributed by atoms with Gasteiger partial charge in [0.1, 0.15) is 5.75 Å². The van der Waals surface area contributed by atoms with E-state index in [1.807, 2.05) is 0 Å².